The van der Waals surface area contributed by atoms with Gasteiger partial charge in [0.25, 0.3) is 0 Å². The van der Waals surface area contributed by atoms with Crippen LogP contribution in [0, 0.1) is 11.6 Å². The zero-order valence-corrected chi connectivity index (χ0v) is 15.8. The molecule has 0 fully saturated rings. The first-order chi connectivity index (χ1) is 13.0. The fourth-order valence-electron chi connectivity index (χ4n) is 2.00. The second kappa shape index (κ2) is 8.50. The van der Waals surface area contributed by atoms with Crippen molar-refractivity contribution in [2.24, 2.45) is 5.14 Å². The molecule has 9 nitrogen and oxygen atoms in total. The number of carbonyl (C=O) groups is 1. The molecule has 0 aliphatic heterocycles. The number of hydrogen-bond donors (Lipinski definition) is 4. The van der Waals surface area contributed by atoms with Crippen molar-refractivity contribution in [1.29, 1.82) is 0 Å². The molecule has 0 aliphatic carbocycles. The van der Waals surface area contributed by atoms with Crippen LogP contribution in [0.25, 0.3) is 0 Å². The van der Waals surface area contributed by atoms with Gasteiger partial charge in [0.05, 0.1) is 16.3 Å². The molecule has 2 rings (SSSR count). The highest BCUT2D eigenvalue weighted by molar-refractivity contribution is 7.92. The number of nitrogens with one attached hydrogen (secondary N) is 3. The molecule has 2 amide bonds. The molecule has 0 aromatic heterocycles. The first-order valence-electron chi connectivity index (χ1n) is 7.59. The molecule has 152 valence electrons. The topological polar surface area (TPSA) is 147 Å². The maximum atomic E-state index is 13.4. The Morgan fingerprint density at radius 3 is 2.21 bits per heavy atom. The Bertz CT molecular complexity index is 1070. The molecule has 0 atom stereocenters. The zero-order valence-electron chi connectivity index (χ0n) is 14.1. The Kier molecular flexibility index (Phi) is 6.53. The van der Waals surface area contributed by atoms with Crippen molar-refractivity contribution < 1.29 is 30.4 Å². The van der Waals surface area contributed by atoms with Crippen LogP contribution in [0.5, 0.6) is 0 Å². The Balaban J connectivity index is 1.86. The van der Waals surface area contributed by atoms with Crippen molar-refractivity contribution in [2.75, 3.05) is 22.3 Å². The summed E-state index contributed by atoms with van der Waals surface area (Å²) in [5.74, 6) is -2.30. The molecule has 0 radical (unpaired) electrons. The van der Waals surface area contributed by atoms with E-state index in [1.165, 1.54) is 12.1 Å². The van der Waals surface area contributed by atoms with Crippen LogP contribution in [0.3, 0.4) is 0 Å². The molecule has 2 aromatic rings. The van der Waals surface area contributed by atoms with Crippen LogP contribution < -0.4 is 20.5 Å². The molecule has 13 heteroatoms. The minimum Gasteiger partial charge on any atom is -0.337 e. The standard InChI is InChI=1S/C15H16F2N4O5S2/c16-10-1-6-14(13(17)9-10)20-15(22)19-7-8-27(23,24)21-11-2-4-12(5-3-11)28(18,25)26/h1-6,9,21H,7-8H2,(H2,18,25,26)(H2,19,20,22). The minimum atomic E-state index is -3.90. The number of halogens is 2. The summed E-state index contributed by atoms with van der Waals surface area (Å²) < 4.78 is 74.7. The lowest BCUT2D eigenvalue weighted by atomic mass is 10.3. The van der Waals surface area contributed by atoms with Gasteiger partial charge in [-0.05, 0) is 36.4 Å². The average molecular weight is 434 g/mol. The molecular weight excluding hydrogens is 418 g/mol. The predicted octanol–water partition coefficient (Wildman–Crippen LogP) is 1.18. The number of rotatable bonds is 7. The van der Waals surface area contributed by atoms with E-state index in [9.17, 15) is 30.4 Å². The highest BCUT2D eigenvalue weighted by atomic mass is 32.2. The van der Waals surface area contributed by atoms with Crippen molar-refractivity contribution in [3.05, 3.63) is 54.1 Å². The normalized spacial score (nSPS) is 11.7. The highest BCUT2D eigenvalue weighted by Crippen LogP contribution is 2.15. The summed E-state index contributed by atoms with van der Waals surface area (Å²) >= 11 is 0. The molecule has 0 aliphatic rings. The van der Waals surface area contributed by atoms with Gasteiger partial charge in [-0.2, -0.15) is 0 Å². The Morgan fingerprint density at radius 2 is 1.64 bits per heavy atom. The fraction of sp³-hybridized carbons (Fsp3) is 0.133. The maximum Gasteiger partial charge on any atom is 0.319 e. The largest absolute Gasteiger partial charge is 0.337 e. The monoisotopic (exact) mass is 434 g/mol. The van der Waals surface area contributed by atoms with E-state index in [1.807, 2.05) is 0 Å². The SMILES string of the molecule is NS(=O)(=O)c1ccc(NS(=O)(=O)CCNC(=O)Nc2ccc(F)cc2F)cc1. The third kappa shape index (κ3) is 6.44. The van der Waals surface area contributed by atoms with Crippen LogP contribution in [0.1, 0.15) is 0 Å². The number of sulfonamides is 2. The molecule has 2 aromatic carbocycles. The fourth-order valence-corrected chi connectivity index (χ4v) is 3.48. The second-order valence-electron chi connectivity index (χ2n) is 5.50. The van der Waals surface area contributed by atoms with Gasteiger partial charge in [-0.15, -0.1) is 0 Å². The number of nitrogens with two attached hydrogens (primary N) is 1. The molecule has 0 saturated carbocycles. The lowest BCUT2D eigenvalue weighted by Crippen LogP contribution is -2.34. The van der Waals surface area contributed by atoms with Gasteiger partial charge >= 0.3 is 6.03 Å². The van der Waals surface area contributed by atoms with Crippen LogP contribution in [-0.2, 0) is 20.0 Å². The number of primary sulfonamides is 1. The van der Waals surface area contributed by atoms with E-state index in [-0.39, 0.29) is 22.8 Å². The average Bonchev–Trinajstić information content (AvgIpc) is 2.56. The molecule has 0 heterocycles. The summed E-state index contributed by atoms with van der Waals surface area (Å²) in [6.45, 7) is -0.306. The first-order valence-corrected chi connectivity index (χ1v) is 10.8. The van der Waals surface area contributed by atoms with E-state index >= 15 is 0 Å². The van der Waals surface area contributed by atoms with E-state index in [1.54, 1.807) is 0 Å². The van der Waals surface area contributed by atoms with Crippen LogP contribution in [0.2, 0.25) is 0 Å². The number of hydrogen-bond acceptors (Lipinski definition) is 5. The van der Waals surface area contributed by atoms with E-state index < -0.39 is 43.5 Å². The molecule has 28 heavy (non-hydrogen) atoms. The second-order valence-corrected chi connectivity index (χ2v) is 8.90. The summed E-state index contributed by atoms with van der Waals surface area (Å²) in [6, 6.07) is 6.39. The molecular formula is C15H16F2N4O5S2. The lowest BCUT2D eigenvalue weighted by Gasteiger charge is -2.10. The Labute approximate surface area is 160 Å². The Morgan fingerprint density at radius 1 is 1.00 bits per heavy atom. The molecule has 5 N–H and O–H groups in total. The van der Waals surface area contributed by atoms with E-state index in [0.29, 0.717) is 6.07 Å². The van der Waals surface area contributed by atoms with E-state index in [0.717, 1.165) is 24.3 Å². The van der Waals surface area contributed by atoms with Crippen molar-refractivity contribution in [1.82, 2.24) is 5.32 Å². The van der Waals surface area contributed by atoms with Gasteiger partial charge in [0, 0.05) is 18.3 Å². The van der Waals surface area contributed by atoms with Crippen molar-refractivity contribution >= 4 is 37.5 Å². The predicted molar refractivity (Wildman–Crippen MR) is 98.6 cm³/mol. The highest BCUT2D eigenvalue weighted by Gasteiger charge is 2.13. The van der Waals surface area contributed by atoms with Gasteiger partial charge in [0.2, 0.25) is 20.0 Å². The van der Waals surface area contributed by atoms with Crippen LogP contribution in [0.15, 0.2) is 47.4 Å². The van der Waals surface area contributed by atoms with Crippen LogP contribution in [0.4, 0.5) is 25.0 Å². The van der Waals surface area contributed by atoms with E-state index in [2.05, 4.69) is 15.4 Å². The lowest BCUT2D eigenvalue weighted by molar-refractivity contribution is 0.252. The van der Waals surface area contributed by atoms with Crippen molar-refractivity contribution in [3.63, 3.8) is 0 Å². The van der Waals surface area contributed by atoms with Gasteiger partial charge in [0.15, 0.2) is 0 Å². The molecule has 0 saturated heterocycles. The third-order valence-electron chi connectivity index (χ3n) is 3.29. The number of anilines is 2. The molecule has 0 bridgehead atoms. The summed E-state index contributed by atoms with van der Waals surface area (Å²) in [7, 11) is -7.76. The quantitative estimate of drug-likeness (QED) is 0.516. The van der Waals surface area contributed by atoms with Gasteiger partial charge in [-0.1, -0.05) is 0 Å². The minimum absolute atomic E-state index is 0.102. The third-order valence-corrected chi connectivity index (χ3v) is 5.51. The zero-order chi connectivity index (χ0) is 20.9. The van der Waals surface area contributed by atoms with Gasteiger partial charge in [0.1, 0.15) is 11.6 Å². The van der Waals surface area contributed by atoms with Gasteiger partial charge in [-0.3, -0.25) is 4.72 Å². The number of carbonyl (C=O) groups excluding carboxylic acids is 1. The molecule has 0 unspecified atom stereocenters. The van der Waals surface area contributed by atoms with Crippen molar-refractivity contribution in [3.8, 4) is 0 Å². The van der Waals surface area contributed by atoms with Crippen molar-refractivity contribution in [2.45, 2.75) is 4.90 Å². The first kappa shape index (κ1) is 21.5. The number of benzene rings is 2. The summed E-state index contributed by atoms with van der Waals surface area (Å²) in [6.07, 6.45) is 0. The number of amides is 2. The Hall–Kier alpha value is -2.77. The van der Waals surface area contributed by atoms with Gasteiger partial charge in [-0.25, -0.2) is 35.5 Å². The summed E-state index contributed by atoms with van der Waals surface area (Å²) in [4.78, 5) is 11.5. The van der Waals surface area contributed by atoms with Crippen LogP contribution >= 0.6 is 0 Å². The summed E-state index contributed by atoms with van der Waals surface area (Å²) in [5.41, 5.74) is -0.167. The smallest absolute Gasteiger partial charge is 0.319 e. The summed E-state index contributed by atoms with van der Waals surface area (Å²) in [5, 5.41) is 9.28. The maximum absolute atomic E-state index is 13.4. The molecule has 0 spiro atoms. The van der Waals surface area contributed by atoms with Gasteiger partial charge < -0.3 is 10.6 Å². The van der Waals surface area contributed by atoms with E-state index in [4.69, 9.17) is 5.14 Å². The number of urea groups is 1. The van der Waals surface area contributed by atoms with Crippen LogP contribution in [-0.4, -0.2) is 35.2 Å².